The highest BCUT2D eigenvalue weighted by Gasteiger charge is 2.55. The Bertz CT molecular complexity index is 1120. The van der Waals surface area contributed by atoms with Crippen molar-refractivity contribution in [2.24, 2.45) is 5.92 Å². The number of piperazine rings is 1. The van der Waals surface area contributed by atoms with E-state index in [-0.39, 0.29) is 17.7 Å². The Labute approximate surface area is 238 Å². The van der Waals surface area contributed by atoms with E-state index in [9.17, 15) is 19.8 Å². The molecular weight excluding hydrogens is 502 g/mol. The normalized spacial score (nSPS) is 23.7. The predicted molar refractivity (Wildman–Crippen MR) is 155 cm³/mol. The van der Waals surface area contributed by atoms with Crippen molar-refractivity contribution in [2.75, 3.05) is 19.6 Å². The Balaban J connectivity index is 1.23. The largest absolute Gasteiger partial charge is 0.390 e. The number of nitrogens with zero attached hydrogens (tertiary/aromatic N) is 2. The number of hydrogen-bond acceptors (Lipinski definition) is 5. The number of carbonyl (C=O) groups excluding carboxylic acids is 2. The summed E-state index contributed by atoms with van der Waals surface area (Å²) in [5.41, 5.74) is 2.05. The third kappa shape index (κ3) is 5.97. The van der Waals surface area contributed by atoms with Crippen LogP contribution in [0.2, 0.25) is 0 Å². The summed E-state index contributed by atoms with van der Waals surface area (Å²) < 4.78 is 0. The first-order valence-corrected chi connectivity index (χ1v) is 15.3. The molecule has 3 atom stereocenters. The molecule has 1 aliphatic carbocycles. The summed E-state index contributed by atoms with van der Waals surface area (Å²) in [4.78, 5) is 31.7. The average molecular weight is 548 g/mol. The summed E-state index contributed by atoms with van der Waals surface area (Å²) in [5.74, 6) is -0.124. The van der Waals surface area contributed by atoms with Crippen molar-refractivity contribution in [1.29, 1.82) is 0 Å². The molecule has 0 aromatic heterocycles. The van der Waals surface area contributed by atoms with Crippen molar-refractivity contribution < 1.29 is 19.8 Å². The second-order valence-corrected chi connectivity index (χ2v) is 12.0. The van der Waals surface area contributed by atoms with Crippen molar-refractivity contribution in [2.45, 2.75) is 95.0 Å². The summed E-state index contributed by atoms with van der Waals surface area (Å²) in [5, 5.41) is 24.9. The van der Waals surface area contributed by atoms with Gasteiger partial charge < -0.3 is 20.4 Å². The van der Waals surface area contributed by atoms with Gasteiger partial charge in [-0.05, 0) is 54.7 Å². The number of hydrogen-bond donors (Lipinski definition) is 3. The zero-order valence-electron chi connectivity index (χ0n) is 23.8. The summed E-state index contributed by atoms with van der Waals surface area (Å²) >= 11 is 0. The molecule has 2 heterocycles. The first kappa shape index (κ1) is 28.8. The van der Waals surface area contributed by atoms with Gasteiger partial charge in [0.05, 0.1) is 6.10 Å². The minimum Gasteiger partial charge on any atom is -0.390 e. The average Bonchev–Trinajstić information content (AvgIpc) is 3.00. The molecule has 2 aromatic carbocycles. The maximum atomic E-state index is 13.8. The quantitative estimate of drug-likeness (QED) is 0.438. The van der Waals surface area contributed by atoms with Gasteiger partial charge in [-0.3, -0.25) is 14.5 Å². The Morgan fingerprint density at radius 2 is 1.57 bits per heavy atom. The molecule has 1 spiro atoms. The molecule has 2 aliphatic heterocycles. The molecule has 216 valence electrons. The van der Waals surface area contributed by atoms with Crippen LogP contribution in [0, 0.1) is 5.92 Å². The van der Waals surface area contributed by atoms with Gasteiger partial charge in [0.1, 0.15) is 17.7 Å². The van der Waals surface area contributed by atoms with Crippen molar-refractivity contribution in [3.8, 4) is 0 Å². The fourth-order valence-corrected chi connectivity index (χ4v) is 6.93. The van der Waals surface area contributed by atoms with Crippen LogP contribution in [-0.4, -0.2) is 69.1 Å². The summed E-state index contributed by atoms with van der Waals surface area (Å²) in [6.45, 7) is 4.84. The molecule has 0 radical (unpaired) electrons. The Morgan fingerprint density at radius 3 is 2.23 bits per heavy atom. The molecule has 3 N–H and O–H groups in total. The van der Waals surface area contributed by atoms with E-state index in [4.69, 9.17) is 0 Å². The SMILES string of the molecule is CCCCN1C(=O)C(C(O)C2CCCCC2)NC(=O)C12CCN(Cc1ccc(C(O)c3ccccc3)cc1)CC2. The fraction of sp³-hybridized carbons (Fsp3) is 0.576. The lowest BCUT2D eigenvalue weighted by Crippen LogP contribution is -2.75. The molecule has 7 nitrogen and oxygen atoms in total. The molecule has 5 rings (SSSR count). The number of nitrogens with one attached hydrogen (secondary N) is 1. The highest BCUT2D eigenvalue weighted by atomic mass is 16.3. The minimum absolute atomic E-state index is 0.0760. The second kappa shape index (κ2) is 12.8. The Hall–Kier alpha value is -2.74. The van der Waals surface area contributed by atoms with Gasteiger partial charge in [-0.15, -0.1) is 0 Å². The Morgan fingerprint density at radius 1 is 0.925 bits per heavy atom. The summed E-state index contributed by atoms with van der Waals surface area (Å²) in [6, 6.07) is 16.9. The second-order valence-electron chi connectivity index (χ2n) is 12.0. The van der Waals surface area contributed by atoms with Crippen LogP contribution in [0.1, 0.15) is 87.5 Å². The summed E-state index contributed by atoms with van der Waals surface area (Å²) in [6.07, 6.45) is 6.66. The molecule has 2 saturated heterocycles. The van der Waals surface area contributed by atoms with Crippen molar-refractivity contribution in [3.05, 3.63) is 71.3 Å². The summed E-state index contributed by atoms with van der Waals surface area (Å²) in [7, 11) is 0. The first-order chi connectivity index (χ1) is 19.4. The molecule has 40 heavy (non-hydrogen) atoms. The number of benzene rings is 2. The standard InChI is InChI=1S/C33H45N3O4/c1-2-3-20-36-31(39)28(30(38)26-12-8-5-9-13-26)34-32(40)33(36)18-21-35(22-19-33)23-24-14-16-27(17-15-24)29(37)25-10-6-4-7-11-25/h4,6-7,10-11,14-17,26,28-30,37-38H,2-3,5,8-9,12-13,18-23H2,1H3,(H,34,40). The number of aliphatic hydroxyl groups is 2. The van der Waals surface area contributed by atoms with Crippen LogP contribution in [-0.2, 0) is 16.1 Å². The van der Waals surface area contributed by atoms with E-state index in [1.165, 1.54) is 6.42 Å². The van der Waals surface area contributed by atoms with Gasteiger partial charge in [0.2, 0.25) is 11.8 Å². The first-order valence-electron chi connectivity index (χ1n) is 15.3. The van der Waals surface area contributed by atoms with Gasteiger partial charge in [-0.25, -0.2) is 0 Å². The number of likely N-dealkylation sites (tertiary alicyclic amines) is 1. The van der Waals surface area contributed by atoms with Gasteiger partial charge >= 0.3 is 0 Å². The predicted octanol–water partition coefficient (Wildman–Crippen LogP) is 4.17. The smallest absolute Gasteiger partial charge is 0.248 e. The van der Waals surface area contributed by atoms with Crippen LogP contribution < -0.4 is 5.32 Å². The monoisotopic (exact) mass is 547 g/mol. The van der Waals surface area contributed by atoms with Crippen LogP contribution in [0.4, 0.5) is 0 Å². The lowest BCUT2D eigenvalue weighted by molar-refractivity contribution is -0.166. The maximum Gasteiger partial charge on any atom is 0.248 e. The lowest BCUT2D eigenvalue weighted by Gasteiger charge is -2.52. The molecule has 7 heteroatoms. The number of amides is 2. The van der Waals surface area contributed by atoms with Gasteiger partial charge in [-0.1, -0.05) is 87.2 Å². The maximum absolute atomic E-state index is 13.8. The molecule has 0 bridgehead atoms. The molecular formula is C33H45N3O4. The van der Waals surface area contributed by atoms with E-state index in [2.05, 4.69) is 29.3 Å². The van der Waals surface area contributed by atoms with E-state index >= 15 is 0 Å². The topological polar surface area (TPSA) is 93.1 Å². The van der Waals surface area contributed by atoms with Crippen LogP contribution in [0.15, 0.2) is 54.6 Å². The van der Waals surface area contributed by atoms with Crippen LogP contribution in [0.3, 0.4) is 0 Å². The van der Waals surface area contributed by atoms with Gasteiger partial charge in [0.25, 0.3) is 0 Å². The van der Waals surface area contributed by atoms with Crippen LogP contribution in [0.25, 0.3) is 0 Å². The highest BCUT2D eigenvalue weighted by molar-refractivity contribution is 6.00. The van der Waals surface area contributed by atoms with E-state index in [0.29, 0.717) is 32.5 Å². The van der Waals surface area contributed by atoms with Gasteiger partial charge in [-0.2, -0.15) is 0 Å². The highest BCUT2D eigenvalue weighted by Crippen LogP contribution is 2.36. The van der Waals surface area contributed by atoms with Gasteiger partial charge in [0.15, 0.2) is 0 Å². The number of rotatable bonds is 9. The van der Waals surface area contributed by atoms with Crippen LogP contribution in [0.5, 0.6) is 0 Å². The molecule has 3 fully saturated rings. The van der Waals surface area contributed by atoms with E-state index in [1.54, 1.807) is 0 Å². The zero-order valence-corrected chi connectivity index (χ0v) is 23.8. The van der Waals surface area contributed by atoms with Crippen LogP contribution >= 0.6 is 0 Å². The zero-order chi connectivity index (χ0) is 28.1. The molecule has 3 aliphatic rings. The number of piperidine rings is 1. The molecule has 2 amide bonds. The van der Waals surface area contributed by atoms with E-state index in [0.717, 1.165) is 61.8 Å². The number of aliphatic hydroxyl groups excluding tert-OH is 2. The Kier molecular flexibility index (Phi) is 9.24. The molecule has 2 aromatic rings. The lowest BCUT2D eigenvalue weighted by atomic mass is 9.78. The van der Waals surface area contributed by atoms with Crippen molar-refractivity contribution >= 4 is 11.8 Å². The number of carbonyl (C=O) groups is 2. The third-order valence-corrected chi connectivity index (χ3v) is 9.47. The van der Waals surface area contributed by atoms with Crippen molar-refractivity contribution in [1.82, 2.24) is 15.1 Å². The fourth-order valence-electron chi connectivity index (χ4n) is 6.93. The van der Waals surface area contributed by atoms with Crippen molar-refractivity contribution in [3.63, 3.8) is 0 Å². The third-order valence-electron chi connectivity index (χ3n) is 9.47. The van der Waals surface area contributed by atoms with Gasteiger partial charge in [0, 0.05) is 26.2 Å². The number of unbranched alkanes of at least 4 members (excludes halogenated alkanes) is 1. The van der Waals surface area contributed by atoms with E-state index in [1.807, 2.05) is 47.4 Å². The minimum atomic E-state index is -0.838. The molecule has 1 saturated carbocycles. The molecule has 3 unspecified atom stereocenters. The van der Waals surface area contributed by atoms with E-state index < -0.39 is 23.8 Å².